The van der Waals surface area contributed by atoms with Gasteiger partial charge in [-0.15, -0.1) is 0 Å². The molecular formula is C20H12BrF3N2. The molecule has 0 aliphatic heterocycles. The molecule has 0 bridgehead atoms. The van der Waals surface area contributed by atoms with Crippen molar-refractivity contribution in [3.05, 3.63) is 88.2 Å². The van der Waals surface area contributed by atoms with Crippen LogP contribution in [0.5, 0.6) is 0 Å². The van der Waals surface area contributed by atoms with Crippen LogP contribution in [-0.2, 0) is 6.18 Å². The summed E-state index contributed by atoms with van der Waals surface area (Å²) in [7, 11) is 0. The fourth-order valence-electron chi connectivity index (χ4n) is 2.54. The second kappa shape index (κ2) is 7.22. The highest BCUT2D eigenvalue weighted by Gasteiger charge is 2.30. The summed E-state index contributed by atoms with van der Waals surface area (Å²) in [6, 6.07) is 18.0. The predicted octanol–water partition coefficient (Wildman–Crippen LogP) is 6.32. The van der Waals surface area contributed by atoms with Crippen molar-refractivity contribution >= 4 is 27.6 Å². The second-order valence-corrected chi connectivity index (χ2v) is 6.44. The van der Waals surface area contributed by atoms with Gasteiger partial charge in [-0.2, -0.15) is 18.4 Å². The van der Waals surface area contributed by atoms with E-state index in [4.69, 9.17) is 0 Å². The minimum atomic E-state index is -4.45. The van der Waals surface area contributed by atoms with Gasteiger partial charge in [0.15, 0.2) is 0 Å². The molecule has 2 nitrogen and oxygen atoms in total. The Bertz CT molecular complexity index is 993. The first-order valence-electron chi connectivity index (χ1n) is 7.61. The molecule has 0 aliphatic carbocycles. The largest absolute Gasteiger partial charge is 0.416 e. The van der Waals surface area contributed by atoms with Gasteiger partial charge in [0.25, 0.3) is 0 Å². The molecule has 3 aromatic rings. The average Bonchev–Trinajstić information content (AvgIpc) is 3.08. The quantitative estimate of drug-likeness (QED) is 0.459. The van der Waals surface area contributed by atoms with Gasteiger partial charge >= 0.3 is 6.18 Å². The van der Waals surface area contributed by atoms with Crippen LogP contribution in [0.1, 0.15) is 16.8 Å². The molecule has 6 heteroatoms. The summed E-state index contributed by atoms with van der Waals surface area (Å²) in [5.41, 5.74) is 1.19. The lowest BCUT2D eigenvalue weighted by atomic mass is 10.0. The summed E-state index contributed by atoms with van der Waals surface area (Å²) >= 11 is 3.38. The van der Waals surface area contributed by atoms with E-state index in [2.05, 4.69) is 15.9 Å². The van der Waals surface area contributed by atoms with Crippen LogP contribution in [0.2, 0.25) is 0 Å². The summed E-state index contributed by atoms with van der Waals surface area (Å²) in [6.45, 7) is 0. The topological polar surface area (TPSA) is 28.7 Å². The number of benzene rings is 2. The predicted molar refractivity (Wildman–Crippen MR) is 98.4 cm³/mol. The maximum Gasteiger partial charge on any atom is 0.416 e. The van der Waals surface area contributed by atoms with Crippen LogP contribution >= 0.6 is 15.9 Å². The van der Waals surface area contributed by atoms with Gasteiger partial charge in [-0.3, -0.25) is 0 Å². The Balaban J connectivity index is 2.03. The van der Waals surface area contributed by atoms with Gasteiger partial charge in [0.1, 0.15) is 0 Å². The molecule has 1 aromatic heterocycles. The molecule has 26 heavy (non-hydrogen) atoms. The Morgan fingerprint density at radius 2 is 1.77 bits per heavy atom. The van der Waals surface area contributed by atoms with Crippen molar-refractivity contribution in [3.8, 4) is 11.8 Å². The number of alkyl halides is 3. The Labute approximate surface area is 156 Å². The van der Waals surface area contributed by atoms with Crippen molar-refractivity contribution in [1.82, 2.24) is 4.57 Å². The standard InChI is InChI=1S/C20H12BrF3N2/c21-17-6-8-18(9-7-17)26-10-2-5-19(26)12-15(13-25)14-3-1-4-16(11-14)20(22,23)24/h1-12H/b15-12-. The van der Waals surface area contributed by atoms with Crippen LogP contribution in [0.3, 0.4) is 0 Å². The zero-order valence-electron chi connectivity index (χ0n) is 13.3. The van der Waals surface area contributed by atoms with Crippen LogP contribution in [0.25, 0.3) is 17.3 Å². The second-order valence-electron chi connectivity index (χ2n) is 5.53. The fraction of sp³-hybridized carbons (Fsp3) is 0.0500. The maximum atomic E-state index is 12.9. The summed E-state index contributed by atoms with van der Waals surface area (Å²) in [5.74, 6) is 0. The van der Waals surface area contributed by atoms with E-state index in [9.17, 15) is 18.4 Å². The number of nitrogens with zero attached hydrogens (tertiary/aromatic N) is 2. The summed E-state index contributed by atoms with van der Waals surface area (Å²) in [5, 5.41) is 9.45. The highest BCUT2D eigenvalue weighted by Crippen LogP contribution is 2.31. The van der Waals surface area contributed by atoms with Crippen molar-refractivity contribution < 1.29 is 13.2 Å². The first kappa shape index (κ1) is 18.0. The van der Waals surface area contributed by atoms with E-state index in [0.717, 1.165) is 22.3 Å². The van der Waals surface area contributed by atoms with E-state index < -0.39 is 11.7 Å². The molecule has 0 amide bonds. The highest BCUT2D eigenvalue weighted by molar-refractivity contribution is 9.10. The molecule has 0 unspecified atom stereocenters. The lowest BCUT2D eigenvalue weighted by Crippen LogP contribution is -2.05. The van der Waals surface area contributed by atoms with Crippen molar-refractivity contribution in [2.45, 2.75) is 6.18 Å². The highest BCUT2D eigenvalue weighted by atomic mass is 79.9. The minimum Gasteiger partial charge on any atom is -0.317 e. The molecule has 0 saturated carbocycles. The molecule has 0 saturated heterocycles. The van der Waals surface area contributed by atoms with Gasteiger partial charge in [-0.1, -0.05) is 28.1 Å². The summed E-state index contributed by atoms with van der Waals surface area (Å²) in [6.07, 6.45) is -1.04. The van der Waals surface area contributed by atoms with Crippen LogP contribution in [0.15, 0.2) is 71.3 Å². The zero-order valence-corrected chi connectivity index (χ0v) is 14.9. The Morgan fingerprint density at radius 3 is 2.42 bits per heavy atom. The lowest BCUT2D eigenvalue weighted by molar-refractivity contribution is -0.137. The molecule has 0 radical (unpaired) electrons. The van der Waals surface area contributed by atoms with Crippen molar-refractivity contribution in [2.75, 3.05) is 0 Å². The van der Waals surface area contributed by atoms with E-state index in [-0.39, 0.29) is 11.1 Å². The van der Waals surface area contributed by atoms with Gasteiger partial charge in [-0.25, -0.2) is 0 Å². The number of hydrogen-bond acceptors (Lipinski definition) is 1. The molecular weight excluding hydrogens is 405 g/mol. The number of allylic oxidation sites excluding steroid dienone is 1. The van der Waals surface area contributed by atoms with Gasteiger partial charge < -0.3 is 4.57 Å². The minimum absolute atomic E-state index is 0.160. The summed E-state index contributed by atoms with van der Waals surface area (Å²) in [4.78, 5) is 0. The Kier molecular flexibility index (Phi) is 5.01. The van der Waals surface area contributed by atoms with Gasteiger partial charge in [-0.05, 0) is 60.2 Å². The molecule has 2 aromatic carbocycles. The van der Waals surface area contributed by atoms with E-state index in [1.807, 2.05) is 47.2 Å². The molecule has 0 atom stereocenters. The molecule has 1 heterocycles. The molecule has 0 spiro atoms. The molecule has 0 fully saturated rings. The van der Waals surface area contributed by atoms with E-state index in [0.29, 0.717) is 5.69 Å². The third kappa shape index (κ3) is 3.89. The average molecular weight is 417 g/mol. The number of aromatic nitrogens is 1. The first-order valence-corrected chi connectivity index (χ1v) is 8.40. The smallest absolute Gasteiger partial charge is 0.317 e. The third-order valence-corrected chi connectivity index (χ3v) is 4.33. The third-order valence-electron chi connectivity index (χ3n) is 3.80. The van der Waals surface area contributed by atoms with Crippen LogP contribution in [0, 0.1) is 11.3 Å². The molecule has 0 N–H and O–H groups in total. The normalized spacial score (nSPS) is 12.0. The maximum absolute atomic E-state index is 12.9. The van der Waals surface area contributed by atoms with Crippen molar-refractivity contribution in [1.29, 1.82) is 5.26 Å². The van der Waals surface area contributed by atoms with Gasteiger partial charge in [0.05, 0.1) is 17.2 Å². The van der Waals surface area contributed by atoms with Crippen LogP contribution in [-0.4, -0.2) is 4.57 Å². The van der Waals surface area contributed by atoms with E-state index in [1.165, 1.54) is 12.1 Å². The monoisotopic (exact) mass is 416 g/mol. The number of halogens is 4. The number of rotatable bonds is 3. The van der Waals surface area contributed by atoms with Gasteiger partial charge in [0, 0.05) is 22.1 Å². The zero-order chi connectivity index (χ0) is 18.7. The lowest BCUT2D eigenvalue weighted by Gasteiger charge is -2.09. The molecule has 0 aliphatic rings. The van der Waals surface area contributed by atoms with Crippen molar-refractivity contribution in [3.63, 3.8) is 0 Å². The van der Waals surface area contributed by atoms with Crippen LogP contribution < -0.4 is 0 Å². The Morgan fingerprint density at radius 1 is 1.04 bits per heavy atom. The molecule has 3 rings (SSSR count). The van der Waals surface area contributed by atoms with E-state index in [1.54, 1.807) is 12.1 Å². The van der Waals surface area contributed by atoms with Crippen LogP contribution in [0.4, 0.5) is 13.2 Å². The van der Waals surface area contributed by atoms with E-state index >= 15 is 0 Å². The number of hydrogen-bond donors (Lipinski definition) is 0. The Hall–Kier alpha value is -2.78. The van der Waals surface area contributed by atoms with Crippen molar-refractivity contribution in [2.24, 2.45) is 0 Å². The SMILES string of the molecule is N#C/C(=C/c1cccn1-c1ccc(Br)cc1)c1cccc(C(F)(F)F)c1. The first-order chi connectivity index (χ1) is 12.4. The fourth-order valence-corrected chi connectivity index (χ4v) is 2.80. The number of nitriles is 1. The summed E-state index contributed by atoms with van der Waals surface area (Å²) < 4.78 is 41.6. The van der Waals surface area contributed by atoms with Gasteiger partial charge in [0.2, 0.25) is 0 Å². The molecule has 130 valence electrons.